The molecular formula is C19H22Cl3NO4S2. The third-order valence-corrected chi connectivity index (χ3v) is 9.47. The van der Waals surface area contributed by atoms with E-state index in [0.717, 1.165) is 4.31 Å². The SMILES string of the molecule is CCS(=O)(=O)C(C)CCCN(c1cc(Cl)ccc1Cl)S(=O)(=O)c1ccc(Cl)cc1. The molecule has 2 aromatic carbocycles. The minimum Gasteiger partial charge on any atom is -0.265 e. The van der Waals surface area contributed by atoms with E-state index < -0.39 is 25.1 Å². The number of sulfone groups is 1. The molecule has 0 aromatic heterocycles. The summed E-state index contributed by atoms with van der Waals surface area (Å²) >= 11 is 18.2. The molecule has 1 atom stereocenters. The van der Waals surface area contributed by atoms with Crippen LogP contribution in [0.5, 0.6) is 0 Å². The van der Waals surface area contributed by atoms with Crippen LogP contribution in [0.4, 0.5) is 5.69 Å². The van der Waals surface area contributed by atoms with Gasteiger partial charge >= 0.3 is 0 Å². The maximum atomic E-state index is 13.3. The fourth-order valence-electron chi connectivity index (χ4n) is 2.77. The zero-order valence-corrected chi connectivity index (χ0v) is 19.9. The van der Waals surface area contributed by atoms with Gasteiger partial charge in [-0.2, -0.15) is 0 Å². The highest BCUT2D eigenvalue weighted by molar-refractivity contribution is 7.93. The lowest BCUT2D eigenvalue weighted by molar-refractivity contribution is 0.572. The molecule has 10 heteroatoms. The average Bonchev–Trinajstić information content (AvgIpc) is 2.67. The van der Waals surface area contributed by atoms with Gasteiger partial charge in [-0.3, -0.25) is 4.31 Å². The van der Waals surface area contributed by atoms with Crippen LogP contribution < -0.4 is 4.31 Å². The standard InChI is InChI=1S/C19H22Cl3NO4S2/c1-3-28(24,25)14(2)5-4-12-23(19-13-16(21)8-11-18(19)22)29(26,27)17-9-6-15(20)7-10-17/h6-11,13-14H,3-5,12H2,1-2H3. The molecule has 0 aliphatic carbocycles. The highest BCUT2D eigenvalue weighted by atomic mass is 35.5. The number of hydrogen-bond donors (Lipinski definition) is 0. The third kappa shape index (κ3) is 6.01. The lowest BCUT2D eigenvalue weighted by Crippen LogP contribution is -2.33. The molecule has 1 unspecified atom stereocenters. The van der Waals surface area contributed by atoms with Crippen molar-refractivity contribution in [2.75, 3.05) is 16.6 Å². The summed E-state index contributed by atoms with van der Waals surface area (Å²) in [6.45, 7) is 3.27. The minimum atomic E-state index is -3.97. The van der Waals surface area contributed by atoms with Gasteiger partial charge in [0.05, 0.1) is 20.9 Å². The van der Waals surface area contributed by atoms with Crippen molar-refractivity contribution < 1.29 is 16.8 Å². The topological polar surface area (TPSA) is 71.5 Å². The Morgan fingerprint density at radius 1 is 0.931 bits per heavy atom. The number of nitrogens with zero attached hydrogens (tertiary/aromatic N) is 1. The normalized spacial score (nSPS) is 13.3. The summed E-state index contributed by atoms with van der Waals surface area (Å²) < 4.78 is 51.8. The second kappa shape index (κ2) is 9.88. The van der Waals surface area contributed by atoms with Gasteiger partial charge in [0.2, 0.25) is 0 Å². The number of hydrogen-bond acceptors (Lipinski definition) is 4. The van der Waals surface area contributed by atoms with E-state index in [-0.39, 0.29) is 27.9 Å². The molecule has 0 aliphatic heterocycles. The van der Waals surface area contributed by atoms with Gasteiger partial charge in [-0.05, 0) is 62.2 Å². The van der Waals surface area contributed by atoms with E-state index in [4.69, 9.17) is 34.8 Å². The van der Waals surface area contributed by atoms with Gasteiger partial charge in [-0.25, -0.2) is 16.8 Å². The van der Waals surface area contributed by atoms with Crippen LogP contribution in [0.25, 0.3) is 0 Å². The van der Waals surface area contributed by atoms with Crippen molar-refractivity contribution in [3.05, 3.63) is 57.5 Å². The van der Waals surface area contributed by atoms with Gasteiger partial charge in [0, 0.05) is 22.3 Å². The van der Waals surface area contributed by atoms with E-state index in [1.807, 2.05) is 0 Å². The molecule has 2 rings (SSSR count). The van der Waals surface area contributed by atoms with Crippen molar-refractivity contribution in [2.45, 2.75) is 36.8 Å². The van der Waals surface area contributed by atoms with Gasteiger partial charge in [-0.1, -0.05) is 41.7 Å². The zero-order valence-electron chi connectivity index (χ0n) is 16.0. The Hall–Kier alpha value is -0.990. The van der Waals surface area contributed by atoms with Crippen LogP contribution in [0, 0.1) is 0 Å². The third-order valence-electron chi connectivity index (χ3n) is 4.57. The maximum Gasteiger partial charge on any atom is 0.264 e. The molecule has 0 fully saturated rings. The fourth-order valence-corrected chi connectivity index (χ4v) is 5.94. The quantitative estimate of drug-likeness (QED) is 0.461. The first-order valence-corrected chi connectivity index (χ1v) is 13.2. The average molecular weight is 499 g/mol. The molecule has 0 aliphatic rings. The molecule has 0 amide bonds. The van der Waals surface area contributed by atoms with Crippen LogP contribution in [-0.2, 0) is 19.9 Å². The maximum absolute atomic E-state index is 13.3. The predicted molar refractivity (Wildman–Crippen MR) is 121 cm³/mol. The van der Waals surface area contributed by atoms with E-state index in [2.05, 4.69) is 0 Å². The van der Waals surface area contributed by atoms with Crippen LogP contribution in [0.2, 0.25) is 15.1 Å². The highest BCUT2D eigenvalue weighted by Gasteiger charge is 2.27. The number of sulfonamides is 1. The Kier molecular flexibility index (Phi) is 8.27. The second-order valence-electron chi connectivity index (χ2n) is 6.53. The van der Waals surface area contributed by atoms with Gasteiger partial charge in [0.15, 0.2) is 9.84 Å². The van der Waals surface area contributed by atoms with Gasteiger partial charge in [0.1, 0.15) is 0 Å². The Morgan fingerprint density at radius 2 is 1.52 bits per heavy atom. The first-order valence-electron chi connectivity index (χ1n) is 8.94. The highest BCUT2D eigenvalue weighted by Crippen LogP contribution is 2.33. The van der Waals surface area contributed by atoms with Crippen molar-refractivity contribution in [2.24, 2.45) is 0 Å². The largest absolute Gasteiger partial charge is 0.265 e. The summed E-state index contributed by atoms with van der Waals surface area (Å²) in [4.78, 5) is 0.0483. The van der Waals surface area contributed by atoms with Crippen LogP contribution in [0.3, 0.4) is 0 Å². The molecule has 0 heterocycles. The van der Waals surface area contributed by atoms with Crippen molar-refractivity contribution in [1.29, 1.82) is 0 Å². The van der Waals surface area contributed by atoms with Crippen LogP contribution in [-0.4, -0.2) is 34.4 Å². The summed E-state index contributed by atoms with van der Waals surface area (Å²) in [6, 6.07) is 10.4. The molecule has 2 aromatic rings. The Bertz CT molecular complexity index is 1060. The number of anilines is 1. The minimum absolute atomic E-state index is 0.0427. The van der Waals surface area contributed by atoms with Crippen LogP contribution in [0.15, 0.2) is 47.4 Å². The smallest absolute Gasteiger partial charge is 0.264 e. The summed E-state index contributed by atoms with van der Waals surface area (Å²) in [5.41, 5.74) is 0.236. The fraction of sp³-hybridized carbons (Fsp3) is 0.368. The molecule has 0 radical (unpaired) electrons. The lowest BCUT2D eigenvalue weighted by atomic mass is 10.2. The molecule has 0 bridgehead atoms. The van der Waals surface area contributed by atoms with Crippen molar-refractivity contribution in [3.8, 4) is 0 Å². The first-order chi connectivity index (χ1) is 13.5. The summed E-state index contributed by atoms with van der Waals surface area (Å²) in [6.07, 6.45) is 0.650. The van der Waals surface area contributed by atoms with Crippen molar-refractivity contribution in [3.63, 3.8) is 0 Å². The van der Waals surface area contributed by atoms with Crippen molar-refractivity contribution >= 4 is 60.4 Å². The first kappa shape index (κ1) is 24.3. The van der Waals surface area contributed by atoms with E-state index in [1.54, 1.807) is 19.9 Å². The summed E-state index contributed by atoms with van der Waals surface area (Å²) in [5, 5.41) is 0.404. The molecule has 0 saturated heterocycles. The molecule has 0 spiro atoms. The summed E-state index contributed by atoms with van der Waals surface area (Å²) in [7, 11) is -7.16. The molecule has 5 nitrogen and oxygen atoms in total. The molecule has 29 heavy (non-hydrogen) atoms. The molecule has 0 saturated carbocycles. The van der Waals surface area contributed by atoms with Gasteiger partial charge in [-0.15, -0.1) is 0 Å². The van der Waals surface area contributed by atoms with E-state index in [0.29, 0.717) is 22.9 Å². The van der Waals surface area contributed by atoms with Gasteiger partial charge < -0.3 is 0 Å². The lowest BCUT2D eigenvalue weighted by Gasteiger charge is -2.26. The zero-order chi connectivity index (χ0) is 21.8. The molecule has 0 N–H and O–H groups in total. The van der Waals surface area contributed by atoms with E-state index in [9.17, 15) is 16.8 Å². The Morgan fingerprint density at radius 3 is 2.10 bits per heavy atom. The number of rotatable bonds is 9. The number of halogens is 3. The van der Waals surface area contributed by atoms with E-state index in [1.165, 1.54) is 36.4 Å². The summed E-state index contributed by atoms with van der Waals surface area (Å²) in [5.74, 6) is 0.0427. The monoisotopic (exact) mass is 497 g/mol. The van der Waals surface area contributed by atoms with Crippen molar-refractivity contribution in [1.82, 2.24) is 0 Å². The molecule has 160 valence electrons. The van der Waals surface area contributed by atoms with Crippen LogP contribution in [0.1, 0.15) is 26.7 Å². The van der Waals surface area contributed by atoms with E-state index >= 15 is 0 Å². The van der Waals surface area contributed by atoms with Gasteiger partial charge in [0.25, 0.3) is 10.0 Å². The Balaban J connectivity index is 2.39. The number of benzene rings is 2. The molecular weight excluding hydrogens is 477 g/mol. The second-order valence-corrected chi connectivity index (χ2v) is 12.4. The Labute approximate surface area is 187 Å². The predicted octanol–water partition coefficient (Wildman–Crippen LogP) is 5.45. The van der Waals surface area contributed by atoms with Crippen LogP contribution >= 0.6 is 34.8 Å².